The lowest BCUT2D eigenvalue weighted by Gasteiger charge is -2.40. The third-order valence-corrected chi connectivity index (χ3v) is 5.43. The molecular weight excluding hydrogens is 454 g/mol. The number of alkyl halides is 6. The second kappa shape index (κ2) is 8.57. The van der Waals surface area contributed by atoms with Crippen molar-refractivity contribution in [3.05, 3.63) is 29.3 Å². The molecule has 2 rings (SSSR count). The molecule has 0 aromatic heterocycles. The van der Waals surface area contributed by atoms with Gasteiger partial charge in [0.1, 0.15) is 24.4 Å². The number of benzene rings is 1. The van der Waals surface area contributed by atoms with Gasteiger partial charge in [0.25, 0.3) is 10.1 Å². The molecule has 30 heavy (non-hydrogen) atoms. The van der Waals surface area contributed by atoms with Crippen molar-refractivity contribution in [2.75, 3.05) is 13.7 Å². The monoisotopic (exact) mass is 470 g/mol. The maximum Gasteiger partial charge on any atom is 0.416 e. The fourth-order valence-corrected chi connectivity index (χ4v) is 3.81. The van der Waals surface area contributed by atoms with Gasteiger partial charge in [-0.05, 0) is 18.2 Å². The van der Waals surface area contributed by atoms with E-state index in [0.717, 1.165) is 7.11 Å². The van der Waals surface area contributed by atoms with Gasteiger partial charge in [-0.15, -0.1) is 0 Å². The minimum Gasteiger partial charge on any atom is -0.394 e. The summed E-state index contributed by atoms with van der Waals surface area (Å²) in [5.74, 6) is 0. The molecular formula is C15H16F6O8S. The van der Waals surface area contributed by atoms with E-state index in [9.17, 15) is 45.0 Å². The second-order valence-electron chi connectivity index (χ2n) is 6.20. The molecule has 1 aliphatic heterocycles. The van der Waals surface area contributed by atoms with E-state index >= 15 is 0 Å². The average molecular weight is 470 g/mol. The van der Waals surface area contributed by atoms with Gasteiger partial charge in [0.15, 0.2) is 6.29 Å². The molecule has 0 bridgehead atoms. The molecule has 1 heterocycles. The van der Waals surface area contributed by atoms with Crippen LogP contribution in [0.4, 0.5) is 26.3 Å². The summed E-state index contributed by atoms with van der Waals surface area (Å²) in [5, 5.41) is 29.3. The van der Waals surface area contributed by atoms with Gasteiger partial charge in [0.2, 0.25) is 0 Å². The Kier molecular flexibility index (Phi) is 7.07. The van der Waals surface area contributed by atoms with Crippen LogP contribution in [-0.2, 0) is 36.1 Å². The predicted molar refractivity (Wildman–Crippen MR) is 83.3 cm³/mol. The molecule has 3 N–H and O–H groups in total. The van der Waals surface area contributed by atoms with Crippen molar-refractivity contribution in [1.29, 1.82) is 0 Å². The molecule has 1 fully saturated rings. The molecule has 0 spiro atoms. The number of methoxy groups -OCH3 is 1. The molecule has 5 atom stereocenters. The number of ether oxygens (including phenoxy) is 2. The van der Waals surface area contributed by atoms with E-state index in [1.54, 1.807) is 0 Å². The third kappa shape index (κ3) is 5.22. The molecule has 0 aliphatic carbocycles. The zero-order valence-electron chi connectivity index (χ0n) is 14.9. The fraction of sp³-hybridized carbons (Fsp3) is 0.600. The number of rotatable bonds is 5. The smallest absolute Gasteiger partial charge is 0.394 e. The molecule has 0 unspecified atom stereocenters. The number of hydrogen-bond acceptors (Lipinski definition) is 8. The van der Waals surface area contributed by atoms with Crippen molar-refractivity contribution in [3.8, 4) is 0 Å². The van der Waals surface area contributed by atoms with Crippen molar-refractivity contribution in [2.45, 2.75) is 48.0 Å². The van der Waals surface area contributed by atoms with Gasteiger partial charge in [-0.1, -0.05) is 0 Å². The van der Waals surface area contributed by atoms with Gasteiger partial charge in [0, 0.05) is 7.11 Å². The van der Waals surface area contributed by atoms with Crippen molar-refractivity contribution in [1.82, 2.24) is 0 Å². The largest absolute Gasteiger partial charge is 0.416 e. The van der Waals surface area contributed by atoms with Crippen LogP contribution in [0.2, 0.25) is 0 Å². The Hall–Kier alpha value is -1.49. The lowest BCUT2D eigenvalue weighted by atomic mass is 9.99. The summed E-state index contributed by atoms with van der Waals surface area (Å²) in [6.07, 6.45) is -19.9. The van der Waals surface area contributed by atoms with E-state index in [0.29, 0.717) is 0 Å². The standard InChI is InChI=1S/C15H16F6O8S/c1-27-13-11(24)12(10(23)9(5-22)28-13)29-30(25,26)8-3-6(14(16,17)18)2-7(4-8)15(19,20)21/h2-4,9-13,22-24H,5H2,1H3/t9-,10-,11+,12+,13+/m1/s1. The summed E-state index contributed by atoms with van der Waals surface area (Å²) in [6, 6.07) is -0.445. The maximum absolute atomic E-state index is 13.0. The highest BCUT2D eigenvalue weighted by Crippen LogP contribution is 2.38. The summed E-state index contributed by atoms with van der Waals surface area (Å²) < 4.78 is 117. The van der Waals surface area contributed by atoms with Gasteiger partial charge in [0.05, 0.1) is 22.6 Å². The highest BCUT2D eigenvalue weighted by molar-refractivity contribution is 7.86. The van der Waals surface area contributed by atoms with Gasteiger partial charge >= 0.3 is 12.4 Å². The summed E-state index contributed by atoms with van der Waals surface area (Å²) in [6.45, 7) is -0.893. The van der Waals surface area contributed by atoms with Crippen LogP contribution in [0.1, 0.15) is 11.1 Å². The van der Waals surface area contributed by atoms with Crippen LogP contribution in [0.25, 0.3) is 0 Å². The summed E-state index contributed by atoms with van der Waals surface area (Å²) in [5.41, 5.74) is -3.81. The Labute approximate surface area is 165 Å². The van der Waals surface area contributed by atoms with Crippen LogP contribution >= 0.6 is 0 Å². The Morgan fingerprint density at radius 1 is 1.00 bits per heavy atom. The first-order valence-electron chi connectivity index (χ1n) is 8.00. The molecule has 1 saturated heterocycles. The third-order valence-electron chi connectivity index (χ3n) is 4.14. The van der Waals surface area contributed by atoms with E-state index in [1.165, 1.54) is 0 Å². The molecule has 1 aliphatic rings. The van der Waals surface area contributed by atoms with Gasteiger partial charge < -0.3 is 24.8 Å². The fourth-order valence-electron chi connectivity index (χ4n) is 2.63. The second-order valence-corrected chi connectivity index (χ2v) is 7.77. The van der Waals surface area contributed by atoms with E-state index in [1.807, 2.05) is 0 Å². The Morgan fingerprint density at radius 3 is 1.90 bits per heavy atom. The minimum absolute atomic E-state index is 0.0833. The normalized spacial score (nSPS) is 28.5. The first-order valence-corrected chi connectivity index (χ1v) is 9.40. The molecule has 0 saturated carbocycles. The van der Waals surface area contributed by atoms with Crippen molar-refractivity contribution < 1.29 is 63.7 Å². The van der Waals surface area contributed by atoms with E-state index in [2.05, 4.69) is 4.18 Å². The number of aliphatic hydroxyl groups excluding tert-OH is 3. The topological polar surface area (TPSA) is 123 Å². The Balaban J connectivity index is 2.50. The van der Waals surface area contributed by atoms with E-state index in [-0.39, 0.29) is 18.2 Å². The quantitative estimate of drug-likeness (QED) is 0.429. The van der Waals surface area contributed by atoms with Crippen LogP contribution in [0.15, 0.2) is 23.1 Å². The highest BCUT2D eigenvalue weighted by atomic mass is 32.2. The SMILES string of the molecule is CO[C@H]1O[C@H](CO)[C@@H](O)[C@H](OS(=O)(=O)c2cc(C(F)(F)F)cc(C(F)(F)F)c2)[C@@H]1O. The van der Waals surface area contributed by atoms with Crippen LogP contribution in [0.3, 0.4) is 0 Å². The van der Waals surface area contributed by atoms with Gasteiger partial charge in [-0.25, -0.2) is 0 Å². The summed E-state index contributed by atoms with van der Waals surface area (Å²) >= 11 is 0. The molecule has 1 aromatic rings. The highest BCUT2D eigenvalue weighted by Gasteiger charge is 2.48. The first kappa shape index (κ1) is 24.8. The van der Waals surface area contributed by atoms with Crippen molar-refractivity contribution >= 4 is 10.1 Å². The van der Waals surface area contributed by atoms with Crippen LogP contribution < -0.4 is 0 Å². The van der Waals surface area contributed by atoms with Gasteiger partial charge in [-0.3, -0.25) is 4.18 Å². The molecule has 0 amide bonds. The Bertz CT molecular complexity index is 807. The van der Waals surface area contributed by atoms with Crippen LogP contribution in [0.5, 0.6) is 0 Å². The molecule has 8 nitrogen and oxygen atoms in total. The van der Waals surface area contributed by atoms with Crippen LogP contribution in [0, 0.1) is 0 Å². The first-order chi connectivity index (χ1) is 13.6. The Morgan fingerprint density at radius 2 is 1.50 bits per heavy atom. The average Bonchev–Trinajstić information content (AvgIpc) is 2.63. The van der Waals surface area contributed by atoms with Gasteiger partial charge in [-0.2, -0.15) is 34.8 Å². The lowest BCUT2D eigenvalue weighted by molar-refractivity contribution is -0.289. The number of hydrogen-bond donors (Lipinski definition) is 3. The van der Waals surface area contributed by atoms with Crippen molar-refractivity contribution in [3.63, 3.8) is 0 Å². The zero-order valence-corrected chi connectivity index (χ0v) is 15.7. The maximum atomic E-state index is 13.0. The van der Waals surface area contributed by atoms with Crippen LogP contribution in [-0.4, -0.2) is 68.2 Å². The molecule has 15 heteroatoms. The molecule has 0 radical (unpaired) electrons. The van der Waals surface area contributed by atoms with Crippen molar-refractivity contribution in [2.24, 2.45) is 0 Å². The number of aliphatic hydroxyl groups is 3. The zero-order chi connectivity index (χ0) is 23.1. The minimum atomic E-state index is -5.37. The lowest BCUT2D eigenvalue weighted by Crippen LogP contribution is -2.60. The molecule has 1 aromatic carbocycles. The predicted octanol–water partition coefficient (Wildman–Crippen LogP) is 0.883. The van der Waals surface area contributed by atoms with E-state index in [4.69, 9.17) is 14.6 Å². The molecule has 172 valence electrons. The number of halogens is 6. The summed E-state index contributed by atoms with van der Waals surface area (Å²) in [4.78, 5) is -1.51. The summed E-state index contributed by atoms with van der Waals surface area (Å²) in [7, 11) is -4.36. The van der Waals surface area contributed by atoms with E-state index < -0.39 is 75.8 Å².